The van der Waals surface area contributed by atoms with Gasteiger partial charge in [-0.2, -0.15) is 0 Å². The molecule has 0 aromatic heterocycles. The van der Waals surface area contributed by atoms with Gasteiger partial charge in [-0.25, -0.2) is 0 Å². The zero-order chi connectivity index (χ0) is 38.8. The third kappa shape index (κ3) is 11.6. The number of esters is 1. The highest BCUT2D eigenvalue weighted by Crippen LogP contribution is 2.47. The predicted octanol–water partition coefficient (Wildman–Crippen LogP) is 7.23. The van der Waals surface area contributed by atoms with Gasteiger partial charge in [-0.15, -0.1) is 0 Å². The molecule has 1 saturated heterocycles. The van der Waals surface area contributed by atoms with Crippen LogP contribution in [0, 0.1) is 11.8 Å². The number of rotatable bonds is 16. The molecule has 1 aliphatic rings. The minimum Gasteiger partial charge on any atom is -0.469 e. The molecule has 0 bridgehead atoms. The summed E-state index contributed by atoms with van der Waals surface area (Å²) >= 11 is 0. The van der Waals surface area contributed by atoms with Crippen molar-refractivity contribution in [1.29, 1.82) is 0 Å². The molecule has 0 spiro atoms. The number of hydrogen-bond acceptors (Lipinski definition) is 10. The summed E-state index contributed by atoms with van der Waals surface area (Å²) in [6, 6.07) is 0. The molecule has 9 atom stereocenters. The monoisotopic (exact) mass is 752 g/mol. The molecule has 49 heavy (non-hydrogen) atoms. The van der Waals surface area contributed by atoms with Gasteiger partial charge in [0.1, 0.15) is 6.10 Å². The van der Waals surface area contributed by atoms with Gasteiger partial charge in [0.2, 0.25) is 0 Å². The maximum Gasteiger partial charge on any atom is 0.308 e. The van der Waals surface area contributed by atoms with Gasteiger partial charge >= 0.3 is 5.97 Å². The largest absolute Gasteiger partial charge is 0.469 e. The van der Waals surface area contributed by atoms with Crippen LogP contribution in [0.2, 0.25) is 54.4 Å². The Morgan fingerprint density at radius 1 is 0.816 bits per heavy atom. The van der Waals surface area contributed by atoms with Crippen molar-refractivity contribution in [3.63, 3.8) is 0 Å². The van der Waals surface area contributed by atoms with Crippen molar-refractivity contribution in [2.75, 3.05) is 20.8 Å². The summed E-state index contributed by atoms with van der Waals surface area (Å²) in [5.74, 6) is -3.77. The Labute approximate surface area is 302 Å². The molecule has 10 nitrogen and oxygen atoms in total. The van der Waals surface area contributed by atoms with E-state index in [1.807, 2.05) is 6.92 Å². The zero-order valence-corrected chi connectivity index (χ0v) is 37.6. The lowest BCUT2D eigenvalue weighted by molar-refractivity contribution is -0.358. The maximum atomic E-state index is 12.5. The fraction of sp³-hybridized carbons (Fsp3) is 0.972. The molecule has 1 aliphatic heterocycles. The lowest BCUT2D eigenvalue weighted by Gasteiger charge is -2.54. The van der Waals surface area contributed by atoms with E-state index in [4.69, 9.17) is 27.5 Å². The van der Waals surface area contributed by atoms with Crippen LogP contribution in [0.5, 0.6) is 0 Å². The van der Waals surface area contributed by atoms with E-state index in [1.165, 1.54) is 7.11 Å². The third-order valence-electron chi connectivity index (χ3n) is 12.3. The van der Waals surface area contributed by atoms with E-state index in [0.717, 1.165) is 0 Å². The summed E-state index contributed by atoms with van der Waals surface area (Å²) in [5, 5.41) is 35.6. The highest BCUT2D eigenvalue weighted by atomic mass is 28.4. The van der Waals surface area contributed by atoms with E-state index in [2.05, 4.69) is 102 Å². The van der Waals surface area contributed by atoms with Crippen LogP contribution in [-0.4, -0.2) is 109 Å². The fourth-order valence-corrected chi connectivity index (χ4v) is 9.36. The van der Waals surface area contributed by atoms with Gasteiger partial charge in [-0.1, -0.05) is 76.2 Å². The molecule has 292 valence electrons. The Hall–Kier alpha value is -0.199. The van der Waals surface area contributed by atoms with Crippen molar-refractivity contribution in [3.05, 3.63) is 0 Å². The molecule has 0 aromatic rings. The van der Waals surface area contributed by atoms with Crippen molar-refractivity contribution >= 4 is 30.9 Å². The quantitative estimate of drug-likeness (QED) is 0.110. The minimum absolute atomic E-state index is 0.0274. The molecule has 1 rings (SSSR count). The Bertz CT molecular complexity index is 1050. The maximum absolute atomic E-state index is 12.5. The van der Waals surface area contributed by atoms with Crippen molar-refractivity contribution in [3.8, 4) is 0 Å². The molecular formula is C36H76O10Si3. The first kappa shape index (κ1) is 46.8. The molecule has 0 aromatic carbocycles. The highest BCUT2D eigenvalue weighted by Gasteiger charge is 2.58. The summed E-state index contributed by atoms with van der Waals surface area (Å²) in [6.45, 7) is 36.8. The summed E-state index contributed by atoms with van der Waals surface area (Å²) in [6.07, 6.45) is -5.24. The SMILES string of the molecule is COC(=O)C[C@H]1O[C@@](O)([C@@H](O)[C@H](O)C[C@H](OC)[C@H](CCO[Si](C)(C)C(C)(C)C)O[Si](C)(C)C(C)(C)C)[C@H](C)[C@@H](O[Si](C)(C)C(C)(C)C)[C@H]1C. The van der Waals surface area contributed by atoms with E-state index in [-0.39, 0.29) is 33.9 Å². The van der Waals surface area contributed by atoms with Crippen LogP contribution in [0.4, 0.5) is 0 Å². The van der Waals surface area contributed by atoms with E-state index in [0.29, 0.717) is 13.0 Å². The van der Waals surface area contributed by atoms with Gasteiger partial charge in [-0.05, 0) is 60.8 Å². The first-order chi connectivity index (χ1) is 21.8. The fourth-order valence-electron chi connectivity index (χ4n) is 5.47. The predicted molar refractivity (Wildman–Crippen MR) is 204 cm³/mol. The first-order valence-corrected chi connectivity index (χ1v) is 26.9. The number of aliphatic hydroxyl groups excluding tert-OH is 2. The van der Waals surface area contributed by atoms with Crippen molar-refractivity contribution < 1.29 is 47.6 Å². The molecule has 0 aliphatic carbocycles. The van der Waals surface area contributed by atoms with Crippen LogP contribution in [0.15, 0.2) is 0 Å². The molecule has 0 amide bonds. The number of hydrogen-bond donors (Lipinski definition) is 3. The summed E-state index contributed by atoms with van der Waals surface area (Å²) in [4.78, 5) is 12.5. The molecule has 0 saturated carbocycles. The van der Waals surface area contributed by atoms with Crippen LogP contribution in [0.1, 0.15) is 95.4 Å². The Morgan fingerprint density at radius 3 is 1.73 bits per heavy atom. The lowest BCUT2D eigenvalue weighted by atomic mass is 9.76. The van der Waals surface area contributed by atoms with Crippen LogP contribution < -0.4 is 0 Å². The molecule has 1 fully saturated rings. The standard InChI is InChI=1S/C36H76O10Si3/c1-24-28(23-30(38)42-13)44-36(40,25(2)31(24)46-49(18,19)35(9,10)11)32(39)26(37)22-29(41-12)27(45-48(16,17)34(6,7)8)20-21-43-47(14,15)33(3,4)5/h24-29,31-32,37,39-40H,20-23H2,1-19H3/t24-,25+,26+,27-,28+,29-,31-,32-,36+/m0/s1. The van der Waals surface area contributed by atoms with Crippen molar-refractivity contribution in [1.82, 2.24) is 0 Å². The van der Waals surface area contributed by atoms with Crippen LogP contribution in [-0.2, 0) is 32.3 Å². The molecule has 1 heterocycles. The Morgan fingerprint density at radius 2 is 1.31 bits per heavy atom. The second-order valence-electron chi connectivity index (χ2n) is 19.0. The zero-order valence-electron chi connectivity index (χ0n) is 34.6. The van der Waals surface area contributed by atoms with Crippen LogP contribution in [0.25, 0.3) is 0 Å². The Kier molecular flexibility index (Phi) is 16.1. The molecule has 0 unspecified atom stereocenters. The van der Waals surface area contributed by atoms with E-state index in [1.54, 1.807) is 14.0 Å². The molecule has 3 N–H and O–H groups in total. The van der Waals surface area contributed by atoms with E-state index < -0.39 is 79.3 Å². The summed E-state index contributed by atoms with van der Waals surface area (Å²) in [7, 11) is -3.82. The number of carbonyl (C=O) groups is 1. The van der Waals surface area contributed by atoms with Crippen LogP contribution in [0.3, 0.4) is 0 Å². The first-order valence-electron chi connectivity index (χ1n) is 18.1. The smallest absolute Gasteiger partial charge is 0.308 e. The lowest BCUT2D eigenvalue weighted by Crippen LogP contribution is -2.67. The molecular weight excluding hydrogens is 677 g/mol. The molecule has 0 radical (unpaired) electrons. The van der Waals surface area contributed by atoms with Gasteiger partial charge in [0.25, 0.3) is 0 Å². The normalized spacial score (nSPS) is 27.4. The topological polar surface area (TPSA) is 133 Å². The number of ether oxygens (including phenoxy) is 3. The van der Waals surface area contributed by atoms with Gasteiger partial charge in [0, 0.05) is 32.0 Å². The average Bonchev–Trinajstić information content (AvgIpc) is 2.93. The van der Waals surface area contributed by atoms with Crippen LogP contribution >= 0.6 is 0 Å². The van der Waals surface area contributed by atoms with E-state index >= 15 is 0 Å². The van der Waals surface area contributed by atoms with Gasteiger partial charge in [-0.3, -0.25) is 4.79 Å². The second-order valence-corrected chi connectivity index (χ2v) is 33.3. The number of methoxy groups -OCH3 is 2. The Balaban J connectivity index is 3.48. The van der Waals surface area contributed by atoms with E-state index in [9.17, 15) is 20.1 Å². The number of carbonyl (C=O) groups excluding carboxylic acids is 1. The van der Waals surface area contributed by atoms with Gasteiger partial charge in [0.05, 0.1) is 44.1 Å². The summed E-state index contributed by atoms with van der Waals surface area (Å²) < 4.78 is 37.5. The van der Waals surface area contributed by atoms with Crippen molar-refractivity contribution in [2.45, 2.75) is 192 Å². The third-order valence-corrected chi connectivity index (χ3v) is 25.8. The summed E-state index contributed by atoms with van der Waals surface area (Å²) in [5.41, 5.74) is 0. The molecule has 13 heteroatoms. The second kappa shape index (κ2) is 16.9. The average molecular weight is 753 g/mol. The highest BCUT2D eigenvalue weighted by molar-refractivity contribution is 6.75. The number of aliphatic hydroxyl groups is 3. The minimum atomic E-state index is -2.37. The van der Waals surface area contributed by atoms with Crippen molar-refractivity contribution in [2.24, 2.45) is 11.8 Å². The van der Waals surface area contributed by atoms with Gasteiger partial charge in [0.15, 0.2) is 30.7 Å². The van der Waals surface area contributed by atoms with Gasteiger partial charge < -0.3 is 42.8 Å².